The molecule has 1 heteroatoms. The van der Waals surface area contributed by atoms with E-state index >= 15 is 0 Å². The lowest BCUT2D eigenvalue weighted by molar-refractivity contribution is -0.152. The van der Waals surface area contributed by atoms with Crippen LogP contribution < -0.4 is 0 Å². The molecule has 0 aliphatic heterocycles. The van der Waals surface area contributed by atoms with Gasteiger partial charge in [-0.05, 0) is 123 Å². The predicted molar refractivity (Wildman–Crippen MR) is 137 cm³/mol. The molecule has 4 aliphatic carbocycles. The maximum Gasteiger partial charge on any atom is 0.0574 e. The van der Waals surface area contributed by atoms with Crippen molar-refractivity contribution < 1.29 is 5.11 Å². The van der Waals surface area contributed by atoms with Gasteiger partial charge in [-0.1, -0.05) is 59.5 Å². The van der Waals surface area contributed by atoms with Crippen molar-refractivity contribution in [3.63, 3.8) is 0 Å². The maximum absolute atomic E-state index is 10.9. The van der Waals surface area contributed by atoms with E-state index in [9.17, 15) is 5.11 Å². The van der Waals surface area contributed by atoms with E-state index in [1.165, 1.54) is 69.8 Å². The first kappa shape index (κ1) is 24.8. The largest absolute Gasteiger partial charge is 0.393 e. The third kappa shape index (κ3) is 4.27. The van der Waals surface area contributed by atoms with Crippen LogP contribution in [0.4, 0.5) is 0 Å². The average molecular weight is 443 g/mol. The summed E-state index contributed by atoms with van der Waals surface area (Å²) in [5.74, 6) is 6.68. The number of aliphatic hydroxyl groups excluding tert-OH is 1. The number of hydrogen-bond acceptors (Lipinski definition) is 1. The summed E-state index contributed by atoms with van der Waals surface area (Å²) in [6, 6.07) is 0. The Morgan fingerprint density at radius 1 is 0.875 bits per heavy atom. The zero-order valence-electron chi connectivity index (χ0n) is 22.3. The molecule has 0 amide bonds. The monoisotopic (exact) mass is 442 g/mol. The molecule has 0 unspecified atom stereocenters. The highest BCUT2D eigenvalue weighted by Crippen LogP contribution is 2.69. The summed E-state index contributed by atoms with van der Waals surface area (Å²) in [7, 11) is 0. The van der Waals surface area contributed by atoms with Crippen LogP contribution in [0.5, 0.6) is 0 Å². The van der Waals surface area contributed by atoms with Crippen molar-refractivity contribution in [2.75, 3.05) is 0 Å². The topological polar surface area (TPSA) is 20.2 Å². The molecule has 1 N–H and O–H groups in total. The number of aliphatic hydroxyl groups is 1. The molecule has 4 aliphatic rings. The third-order valence-electron chi connectivity index (χ3n) is 11.7. The quantitative estimate of drug-likeness (QED) is 0.391. The molecular weight excluding hydrogens is 388 g/mol. The van der Waals surface area contributed by atoms with Gasteiger partial charge < -0.3 is 5.11 Å². The highest BCUT2D eigenvalue weighted by atomic mass is 16.3. The van der Waals surface area contributed by atoms with Crippen molar-refractivity contribution in [3.05, 3.63) is 12.2 Å². The Morgan fingerprint density at radius 3 is 2.22 bits per heavy atom. The van der Waals surface area contributed by atoms with Gasteiger partial charge in [-0.15, -0.1) is 6.58 Å². The van der Waals surface area contributed by atoms with Gasteiger partial charge in [0.05, 0.1) is 6.10 Å². The van der Waals surface area contributed by atoms with Crippen molar-refractivity contribution in [1.29, 1.82) is 0 Å². The smallest absolute Gasteiger partial charge is 0.0574 e. The standard InChI is InChI=1S/C31H54O/c1-20(2)9-8-10-22(5)25-13-14-26-23-11-12-27-24(19-21(3)4)29(32)16-18-31(27,7)28(23)15-17-30(25,26)6/h20,22-29,32H,3,8-19H2,1-2,4-7H3/t22-,23+,24+,25-,26+,27+,28+,29+,30-,31+/m1/s1. The predicted octanol–water partition coefficient (Wildman–Crippen LogP) is 8.66. The highest BCUT2D eigenvalue weighted by molar-refractivity contribution is 5.12. The van der Waals surface area contributed by atoms with Crippen molar-refractivity contribution in [3.8, 4) is 0 Å². The van der Waals surface area contributed by atoms with Gasteiger partial charge in [-0.3, -0.25) is 0 Å². The molecule has 32 heavy (non-hydrogen) atoms. The van der Waals surface area contributed by atoms with E-state index in [0.29, 0.717) is 22.7 Å². The van der Waals surface area contributed by atoms with E-state index in [1.54, 1.807) is 0 Å². The van der Waals surface area contributed by atoms with Gasteiger partial charge in [-0.25, -0.2) is 0 Å². The van der Waals surface area contributed by atoms with E-state index in [2.05, 4.69) is 48.1 Å². The van der Waals surface area contributed by atoms with Gasteiger partial charge in [0.2, 0.25) is 0 Å². The van der Waals surface area contributed by atoms with Crippen molar-refractivity contribution in [1.82, 2.24) is 0 Å². The lowest BCUT2D eigenvalue weighted by Gasteiger charge is -2.63. The fraction of sp³-hybridized carbons (Fsp3) is 0.935. The lowest BCUT2D eigenvalue weighted by atomic mass is 9.42. The molecule has 0 aromatic rings. The Hall–Kier alpha value is -0.300. The van der Waals surface area contributed by atoms with Crippen LogP contribution in [0, 0.1) is 58.2 Å². The van der Waals surface area contributed by atoms with Gasteiger partial charge >= 0.3 is 0 Å². The van der Waals surface area contributed by atoms with Gasteiger partial charge in [0.1, 0.15) is 0 Å². The number of allylic oxidation sites excluding steroid dienone is 1. The van der Waals surface area contributed by atoms with Crippen LogP contribution in [-0.2, 0) is 0 Å². The summed E-state index contributed by atoms with van der Waals surface area (Å²) in [6.07, 6.45) is 16.2. The SMILES string of the molecule is C=C(C)C[C@@H]1[C@@H](O)CC[C@@]2(C)[C@H]1CC[C@@H]1[C@@H]2CC[C@]2(C)[C@@H]([C@H](C)CCCC(C)C)CC[C@@H]12. The lowest BCUT2D eigenvalue weighted by Crippen LogP contribution is -2.56. The van der Waals surface area contributed by atoms with E-state index in [1.807, 2.05) is 0 Å². The summed E-state index contributed by atoms with van der Waals surface area (Å²) < 4.78 is 0. The minimum atomic E-state index is -0.0993. The normalized spacial score (nSPS) is 46.9. The van der Waals surface area contributed by atoms with Crippen LogP contribution >= 0.6 is 0 Å². The number of rotatable bonds is 7. The van der Waals surface area contributed by atoms with E-state index in [0.717, 1.165) is 48.3 Å². The van der Waals surface area contributed by atoms with E-state index < -0.39 is 0 Å². The van der Waals surface area contributed by atoms with Crippen LogP contribution in [0.1, 0.15) is 119 Å². The molecule has 0 aromatic heterocycles. The summed E-state index contributed by atoms with van der Waals surface area (Å²) in [4.78, 5) is 0. The minimum absolute atomic E-state index is 0.0993. The van der Waals surface area contributed by atoms with Crippen LogP contribution in [0.15, 0.2) is 12.2 Å². The second kappa shape index (κ2) is 9.39. The molecule has 4 saturated carbocycles. The van der Waals surface area contributed by atoms with Crippen molar-refractivity contribution >= 4 is 0 Å². The second-order valence-corrected chi connectivity index (χ2v) is 14.0. The summed E-state index contributed by atoms with van der Waals surface area (Å²) in [5, 5.41) is 10.9. The minimum Gasteiger partial charge on any atom is -0.393 e. The first-order valence-corrected chi connectivity index (χ1v) is 14.4. The molecule has 4 rings (SSSR count). The average Bonchev–Trinajstić information content (AvgIpc) is 3.07. The Labute approximate surface area is 200 Å². The van der Waals surface area contributed by atoms with Crippen molar-refractivity contribution in [2.45, 2.75) is 125 Å². The fourth-order valence-corrected chi connectivity index (χ4v) is 10.2. The molecule has 0 aromatic carbocycles. The maximum atomic E-state index is 10.9. The van der Waals surface area contributed by atoms with E-state index in [4.69, 9.17) is 0 Å². The zero-order valence-corrected chi connectivity index (χ0v) is 22.3. The Morgan fingerprint density at radius 2 is 1.53 bits per heavy atom. The van der Waals surface area contributed by atoms with Gasteiger partial charge in [0.15, 0.2) is 0 Å². The summed E-state index contributed by atoms with van der Waals surface area (Å²) in [5.41, 5.74) is 2.30. The molecular formula is C31H54O. The molecule has 0 bridgehead atoms. The number of fused-ring (bicyclic) bond motifs is 5. The van der Waals surface area contributed by atoms with Crippen LogP contribution in [0.2, 0.25) is 0 Å². The number of hydrogen-bond donors (Lipinski definition) is 1. The Bertz CT molecular complexity index is 665. The molecule has 0 heterocycles. The van der Waals surface area contributed by atoms with Crippen LogP contribution in [-0.4, -0.2) is 11.2 Å². The first-order chi connectivity index (χ1) is 15.1. The molecule has 184 valence electrons. The highest BCUT2D eigenvalue weighted by Gasteiger charge is 2.61. The van der Waals surface area contributed by atoms with Gasteiger partial charge in [-0.2, -0.15) is 0 Å². The third-order valence-corrected chi connectivity index (χ3v) is 11.7. The van der Waals surface area contributed by atoms with Gasteiger partial charge in [0.25, 0.3) is 0 Å². The van der Waals surface area contributed by atoms with Crippen LogP contribution in [0.25, 0.3) is 0 Å². The summed E-state index contributed by atoms with van der Waals surface area (Å²) >= 11 is 0. The second-order valence-electron chi connectivity index (χ2n) is 14.0. The Kier molecular flexibility index (Phi) is 7.28. The molecule has 0 saturated heterocycles. The van der Waals surface area contributed by atoms with Crippen molar-refractivity contribution in [2.24, 2.45) is 58.2 Å². The molecule has 4 fully saturated rings. The first-order valence-electron chi connectivity index (χ1n) is 14.4. The van der Waals surface area contributed by atoms with Crippen LogP contribution in [0.3, 0.4) is 0 Å². The Balaban J connectivity index is 1.49. The van der Waals surface area contributed by atoms with E-state index in [-0.39, 0.29) is 6.10 Å². The molecule has 0 spiro atoms. The summed E-state index contributed by atoms with van der Waals surface area (Å²) in [6.45, 7) is 19.1. The molecule has 0 radical (unpaired) electrons. The molecule has 1 nitrogen and oxygen atoms in total. The zero-order chi connectivity index (χ0) is 23.3. The fourth-order valence-electron chi connectivity index (χ4n) is 10.2. The van der Waals surface area contributed by atoms with Gasteiger partial charge in [0, 0.05) is 0 Å². The molecule has 10 atom stereocenters.